The zero-order valence-electron chi connectivity index (χ0n) is 13.9. The summed E-state index contributed by atoms with van der Waals surface area (Å²) in [5, 5.41) is 0. The Labute approximate surface area is 140 Å². The van der Waals surface area contributed by atoms with E-state index in [-0.39, 0.29) is 18.4 Å². The van der Waals surface area contributed by atoms with E-state index in [1.54, 1.807) is 0 Å². The molecular formula is C18H28ClNO2. The molecule has 1 aromatic rings. The van der Waals surface area contributed by atoms with Crippen molar-refractivity contribution >= 4 is 18.4 Å². The summed E-state index contributed by atoms with van der Waals surface area (Å²) in [6.45, 7) is 5.04. The van der Waals surface area contributed by atoms with Gasteiger partial charge >= 0.3 is 5.97 Å². The maximum absolute atomic E-state index is 12.0. The molecule has 0 aromatic heterocycles. The highest BCUT2D eigenvalue weighted by atomic mass is 35.5. The van der Waals surface area contributed by atoms with Crippen LogP contribution in [0.25, 0.3) is 0 Å². The highest BCUT2D eigenvalue weighted by Crippen LogP contribution is 2.40. The van der Waals surface area contributed by atoms with Crippen LogP contribution < -0.4 is 0 Å². The molecule has 1 aromatic carbocycles. The Balaban J connectivity index is 0.00000242. The number of hydrogen-bond acceptors (Lipinski definition) is 3. The number of esters is 1. The number of carbonyl (C=O) groups is 1. The molecule has 0 bridgehead atoms. The molecule has 2 rings (SSSR count). The summed E-state index contributed by atoms with van der Waals surface area (Å²) in [7, 11) is 2.18. The van der Waals surface area contributed by atoms with Gasteiger partial charge in [0, 0.05) is 31.8 Å². The Morgan fingerprint density at radius 2 is 2.00 bits per heavy atom. The number of ether oxygens (including phenoxy) is 1. The van der Waals surface area contributed by atoms with Crippen molar-refractivity contribution in [3.05, 3.63) is 35.9 Å². The van der Waals surface area contributed by atoms with Gasteiger partial charge in [0.2, 0.25) is 0 Å². The van der Waals surface area contributed by atoms with Crippen molar-refractivity contribution in [2.24, 2.45) is 0 Å². The average Bonchev–Trinajstić information content (AvgIpc) is 2.52. The highest BCUT2D eigenvalue weighted by molar-refractivity contribution is 5.85. The first-order chi connectivity index (χ1) is 10.1. The minimum atomic E-state index is -0.444. The van der Waals surface area contributed by atoms with Gasteiger partial charge < -0.3 is 9.64 Å². The number of benzene rings is 1. The monoisotopic (exact) mass is 325 g/mol. The van der Waals surface area contributed by atoms with Crippen LogP contribution in [0.1, 0.15) is 51.5 Å². The molecule has 2 atom stereocenters. The Morgan fingerprint density at radius 1 is 1.32 bits per heavy atom. The standard InChI is InChI=1S/C18H27NO2.ClH/c1-4-9-16-14-18(12-13-19(16)3,21-17(20)5-2)15-10-7-6-8-11-15;/h6-8,10-11,16H,4-5,9,12-14H2,1-3H3;1H. The van der Waals surface area contributed by atoms with Crippen LogP contribution >= 0.6 is 12.4 Å². The first kappa shape index (κ1) is 19.0. The van der Waals surface area contributed by atoms with E-state index >= 15 is 0 Å². The quantitative estimate of drug-likeness (QED) is 0.762. The molecule has 0 radical (unpaired) electrons. The summed E-state index contributed by atoms with van der Waals surface area (Å²) < 4.78 is 5.97. The van der Waals surface area contributed by atoms with Gasteiger partial charge in [-0.25, -0.2) is 0 Å². The second-order valence-electron chi connectivity index (χ2n) is 6.07. The number of halogens is 1. The average molecular weight is 326 g/mol. The van der Waals surface area contributed by atoms with Gasteiger partial charge in [-0.2, -0.15) is 0 Å². The zero-order valence-corrected chi connectivity index (χ0v) is 14.7. The minimum Gasteiger partial charge on any atom is -0.454 e. The van der Waals surface area contributed by atoms with Crippen molar-refractivity contribution < 1.29 is 9.53 Å². The lowest BCUT2D eigenvalue weighted by Gasteiger charge is -2.45. The lowest BCUT2D eigenvalue weighted by molar-refractivity contribution is -0.169. The van der Waals surface area contributed by atoms with E-state index in [1.165, 1.54) is 0 Å². The summed E-state index contributed by atoms with van der Waals surface area (Å²) in [6, 6.07) is 10.7. The van der Waals surface area contributed by atoms with E-state index < -0.39 is 5.60 Å². The molecule has 0 amide bonds. The van der Waals surface area contributed by atoms with Crippen molar-refractivity contribution in [2.45, 2.75) is 57.6 Å². The maximum atomic E-state index is 12.0. The first-order valence-electron chi connectivity index (χ1n) is 8.09. The predicted molar refractivity (Wildman–Crippen MR) is 92.3 cm³/mol. The van der Waals surface area contributed by atoms with Crippen LogP contribution in [0.15, 0.2) is 30.3 Å². The van der Waals surface area contributed by atoms with Crippen molar-refractivity contribution in [2.75, 3.05) is 13.6 Å². The second kappa shape index (κ2) is 8.54. The van der Waals surface area contributed by atoms with Gasteiger partial charge in [0.05, 0.1) is 0 Å². The molecule has 1 saturated heterocycles. The third-order valence-corrected chi connectivity index (χ3v) is 4.58. The fourth-order valence-electron chi connectivity index (χ4n) is 3.28. The largest absolute Gasteiger partial charge is 0.454 e. The van der Waals surface area contributed by atoms with E-state index in [4.69, 9.17) is 4.74 Å². The van der Waals surface area contributed by atoms with Crippen LogP contribution in [0.3, 0.4) is 0 Å². The Morgan fingerprint density at radius 3 is 2.59 bits per heavy atom. The van der Waals surface area contributed by atoms with Crippen molar-refractivity contribution in [3.8, 4) is 0 Å². The van der Waals surface area contributed by atoms with Crippen LogP contribution in [0.2, 0.25) is 0 Å². The topological polar surface area (TPSA) is 29.5 Å². The molecule has 0 aliphatic carbocycles. The number of likely N-dealkylation sites (tertiary alicyclic amines) is 1. The SMILES string of the molecule is CCCC1CC(OC(=O)CC)(c2ccccc2)CCN1C.Cl. The summed E-state index contributed by atoms with van der Waals surface area (Å²) in [5.41, 5.74) is 0.696. The Kier molecular flexibility index (Phi) is 7.37. The number of piperidine rings is 1. The molecule has 22 heavy (non-hydrogen) atoms. The van der Waals surface area contributed by atoms with Gasteiger partial charge in [-0.3, -0.25) is 4.79 Å². The summed E-state index contributed by atoms with van der Waals surface area (Å²) in [5.74, 6) is -0.0985. The van der Waals surface area contributed by atoms with Gasteiger partial charge in [0.1, 0.15) is 5.60 Å². The summed E-state index contributed by atoms with van der Waals surface area (Å²) >= 11 is 0. The lowest BCUT2D eigenvalue weighted by atomic mass is 9.79. The summed E-state index contributed by atoms with van der Waals surface area (Å²) in [6.07, 6.45) is 4.51. The molecule has 1 aliphatic heterocycles. The normalized spacial score (nSPS) is 25.3. The van der Waals surface area contributed by atoms with Crippen molar-refractivity contribution in [1.82, 2.24) is 4.90 Å². The van der Waals surface area contributed by atoms with Gasteiger partial charge in [-0.05, 0) is 19.0 Å². The van der Waals surface area contributed by atoms with Crippen LogP contribution in [0.5, 0.6) is 0 Å². The Hall–Kier alpha value is -1.06. The molecule has 4 heteroatoms. The van der Waals surface area contributed by atoms with Crippen LogP contribution in [-0.2, 0) is 15.1 Å². The third kappa shape index (κ3) is 4.23. The van der Waals surface area contributed by atoms with Crippen molar-refractivity contribution in [3.63, 3.8) is 0 Å². The van der Waals surface area contributed by atoms with Gasteiger partial charge in [-0.1, -0.05) is 50.6 Å². The van der Waals surface area contributed by atoms with Gasteiger partial charge in [0.25, 0.3) is 0 Å². The molecule has 124 valence electrons. The number of rotatable bonds is 5. The molecule has 0 N–H and O–H groups in total. The molecule has 3 nitrogen and oxygen atoms in total. The van der Waals surface area contributed by atoms with Crippen LogP contribution in [0.4, 0.5) is 0 Å². The van der Waals surface area contributed by atoms with E-state index in [0.717, 1.165) is 37.8 Å². The fraction of sp³-hybridized carbons (Fsp3) is 0.611. The minimum absolute atomic E-state index is 0. The molecular weight excluding hydrogens is 298 g/mol. The van der Waals surface area contributed by atoms with E-state index in [0.29, 0.717) is 12.5 Å². The van der Waals surface area contributed by atoms with Crippen molar-refractivity contribution in [1.29, 1.82) is 0 Å². The molecule has 1 aliphatic rings. The smallest absolute Gasteiger partial charge is 0.306 e. The third-order valence-electron chi connectivity index (χ3n) is 4.58. The number of hydrogen-bond donors (Lipinski definition) is 0. The summed E-state index contributed by atoms with van der Waals surface area (Å²) in [4.78, 5) is 14.4. The van der Waals surface area contributed by atoms with Crippen LogP contribution in [-0.4, -0.2) is 30.5 Å². The highest BCUT2D eigenvalue weighted by Gasteiger charge is 2.42. The fourth-order valence-corrected chi connectivity index (χ4v) is 3.28. The molecule has 0 saturated carbocycles. The Bertz CT molecular complexity index is 465. The van der Waals surface area contributed by atoms with E-state index in [1.807, 2.05) is 25.1 Å². The molecule has 0 spiro atoms. The number of carbonyl (C=O) groups excluding carboxylic acids is 1. The molecule has 1 fully saturated rings. The lowest BCUT2D eigenvalue weighted by Crippen LogP contribution is -2.49. The van der Waals surface area contributed by atoms with E-state index in [9.17, 15) is 4.79 Å². The first-order valence-corrected chi connectivity index (χ1v) is 8.09. The maximum Gasteiger partial charge on any atom is 0.306 e. The second-order valence-corrected chi connectivity index (χ2v) is 6.07. The molecule has 2 unspecified atom stereocenters. The van der Waals surface area contributed by atoms with E-state index in [2.05, 4.69) is 31.0 Å². The zero-order chi connectivity index (χ0) is 15.3. The number of nitrogens with zero attached hydrogens (tertiary/aromatic N) is 1. The van der Waals surface area contributed by atoms with Gasteiger partial charge in [-0.15, -0.1) is 12.4 Å². The molecule has 1 heterocycles. The predicted octanol–water partition coefficient (Wildman–Crippen LogP) is 4.15. The van der Waals surface area contributed by atoms with Gasteiger partial charge in [0.15, 0.2) is 0 Å². The van der Waals surface area contributed by atoms with Crippen LogP contribution in [0, 0.1) is 0 Å².